The van der Waals surface area contributed by atoms with Crippen molar-refractivity contribution in [1.82, 2.24) is 5.43 Å². The average molecular weight is 448 g/mol. The largest absolute Gasteiger partial charge is 0.469 e. The van der Waals surface area contributed by atoms with E-state index in [-0.39, 0.29) is 12.2 Å². The topological polar surface area (TPSA) is 24.5 Å². The van der Waals surface area contributed by atoms with E-state index in [0.29, 0.717) is 22.4 Å². The number of halogens is 6. The summed E-state index contributed by atoms with van der Waals surface area (Å²) < 4.78 is 86.8. The van der Waals surface area contributed by atoms with Gasteiger partial charge in [0, 0.05) is 11.1 Å². The molecule has 3 aromatic carbocycles. The molecule has 0 unspecified atom stereocenters. The Morgan fingerprint density at radius 2 is 1.56 bits per heavy atom. The third kappa shape index (κ3) is 3.16. The Bertz CT molecular complexity index is 1240. The molecule has 164 valence electrons. The minimum Gasteiger partial charge on any atom is -0.427 e. The molecule has 0 atom stereocenters. The van der Waals surface area contributed by atoms with Crippen LogP contribution in [0.25, 0.3) is 11.3 Å². The maximum atomic E-state index is 14.1. The normalized spacial score (nSPS) is 18.4. The molecule has 5 rings (SSSR count). The molecule has 2 aliphatic rings. The molecule has 0 spiro atoms. The van der Waals surface area contributed by atoms with Crippen molar-refractivity contribution in [3.05, 3.63) is 95.1 Å². The van der Waals surface area contributed by atoms with Gasteiger partial charge in [0.25, 0.3) is 0 Å². The Morgan fingerprint density at radius 3 is 2.28 bits per heavy atom. The summed E-state index contributed by atoms with van der Waals surface area (Å²) in [6.07, 6.45) is -4.64. The second-order valence-electron chi connectivity index (χ2n) is 7.44. The lowest BCUT2D eigenvalue weighted by atomic mass is 10.0. The summed E-state index contributed by atoms with van der Waals surface area (Å²) in [7, 11) is 0. The molecule has 32 heavy (non-hydrogen) atoms. The van der Waals surface area contributed by atoms with Gasteiger partial charge in [-0.3, -0.25) is 10.4 Å². The Hall–Kier alpha value is -3.62. The summed E-state index contributed by atoms with van der Waals surface area (Å²) in [6.45, 7) is 0.124. The number of benzene rings is 3. The first-order valence-corrected chi connectivity index (χ1v) is 9.54. The van der Waals surface area contributed by atoms with Crippen molar-refractivity contribution in [2.75, 3.05) is 11.6 Å². The van der Waals surface area contributed by atoms with Crippen molar-refractivity contribution in [1.29, 1.82) is 0 Å². The van der Waals surface area contributed by atoms with Gasteiger partial charge in [0.15, 0.2) is 0 Å². The molecule has 0 bridgehead atoms. The van der Waals surface area contributed by atoms with Crippen LogP contribution in [0.15, 0.2) is 66.7 Å². The third-order valence-electron chi connectivity index (χ3n) is 5.39. The highest BCUT2D eigenvalue weighted by molar-refractivity contribution is 5.95. The van der Waals surface area contributed by atoms with Gasteiger partial charge in [0.2, 0.25) is 0 Å². The minimum atomic E-state index is -4.64. The SMILES string of the molecule is Fc1ccc(C2=C(c3cccc(F)c3)NN(c3ccc4c(c3)C(F)(F)C(F)(F)O4)C2)cc1. The maximum Gasteiger partial charge on any atom is 0.469 e. The summed E-state index contributed by atoms with van der Waals surface area (Å²) in [5.41, 5.74) is 4.51. The highest BCUT2D eigenvalue weighted by Gasteiger charge is 2.66. The molecule has 2 heterocycles. The van der Waals surface area contributed by atoms with Crippen LogP contribution in [-0.4, -0.2) is 12.7 Å². The number of anilines is 1. The first kappa shape index (κ1) is 20.3. The van der Waals surface area contributed by atoms with Crippen molar-refractivity contribution in [3.8, 4) is 5.75 Å². The van der Waals surface area contributed by atoms with Crippen molar-refractivity contribution in [2.45, 2.75) is 12.0 Å². The van der Waals surface area contributed by atoms with E-state index < -0.39 is 35.0 Å². The van der Waals surface area contributed by atoms with Crippen molar-refractivity contribution >= 4 is 17.0 Å². The van der Waals surface area contributed by atoms with Crippen molar-refractivity contribution in [3.63, 3.8) is 0 Å². The molecule has 1 N–H and O–H groups in total. The molecule has 9 heteroatoms. The van der Waals surface area contributed by atoms with Crippen LogP contribution in [0.5, 0.6) is 5.75 Å². The molecule has 2 aliphatic heterocycles. The zero-order chi connectivity index (χ0) is 22.7. The van der Waals surface area contributed by atoms with Gasteiger partial charge in [-0.25, -0.2) is 8.78 Å². The van der Waals surface area contributed by atoms with E-state index in [1.165, 1.54) is 41.4 Å². The van der Waals surface area contributed by atoms with Crippen LogP contribution in [-0.2, 0) is 5.92 Å². The quantitative estimate of drug-likeness (QED) is 0.503. The van der Waals surface area contributed by atoms with E-state index in [0.717, 1.165) is 12.1 Å². The fraction of sp³-hybridized carbons (Fsp3) is 0.130. The number of hydrogen-bond donors (Lipinski definition) is 1. The smallest absolute Gasteiger partial charge is 0.427 e. The first-order valence-electron chi connectivity index (χ1n) is 9.54. The molecule has 0 amide bonds. The van der Waals surface area contributed by atoms with E-state index in [2.05, 4.69) is 10.2 Å². The Morgan fingerprint density at radius 1 is 0.812 bits per heavy atom. The second kappa shape index (κ2) is 6.94. The van der Waals surface area contributed by atoms with Crippen molar-refractivity contribution in [2.24, 2.45) is 0 Å². The zero-order valence-corrected chi connectivity index (χ0v) is 16.2. The molecule has 0 aromatic heterocycles. The summed E-state index contributed by atoms with van der Waals surface area (Å²) in [5, 5.41) is 1.46. The van der Waals surface area contributed by atoms with Gasteiger partial charge < -0.3 is 4.74 Å². The molecule has 0 radical (unpaired) electrons. The number of hydrogen-bond acceptors (Lipinski definition) is 3. The van der Waals surface area contributed by atoms with E-state index in [4.69, 9.17) is 0 Å². The number of alkyl halides is 4. The predicted molar refractivity (Wildman–Crippen MR) is 106 cm³/mol. The standard InChI is InChI=1S/C23H14F6N2O/c24-15-6-4-13(5-7-15)18-12-31(30-21(18)14-2-1-3-16(25)10-14)17-8-9-20-19(11-17)22(26,27)23(28,29)32-20/h1-11,30H,12H2. The minimum absolute atomic E-state index is 0.124. The lowest BCUT2D eigenvalue weighted by molar-refractivity contribution is -0.296. The monoisotopic (exact) mass is 448 g/mol. The van der Waals surface area contributed by atoms with E-state index in [9.17, 15) is 26.3 Å². The van der Waals surface area contributed by atoms with Crippen LogP contribution < -0.4 is 15.2 Å². The van der Waals surface area contributed by atoms with Crippen molar-refractivity contribution < 1.29 is 31.1 Å². The molecule has 0 fully saturated rings. The highest BCUT2D eigenvalue weighted by atomic mass is 19.3. The highest BCUT2D eigenvalue weighted by Crippen LogP contribution is 2.54. The summed E-state index contributed by atoms with van der Waals surface area (Å²) in [4.78, 5) is 0. The summed E-state index contributed by atoms with van der Waals surface area (Å²) in [6, 6.07) is 14.7. The Balaban J connectivity index is 1.55. The molecule has 0 saturated carbocycles. The van der Waals surface area contributed by atoms with Gasteiger partial charge in [0.05, 0.1) is 23.5 Å². The van der Waals surface area contributed by atoms with Gasteiger partial charge in [-0.05, 0) is 48.0 Å². The van der Waals surface area contributed by atoms with Crippen LogP contribution >= 0.6 is 0 Å². The van der Waals surface area contributed by atoms with Gasteiger partial charge in [-0.15, -0.1) is 0 Å². The van der Waals surface area contributed by atoms with E-state index in [1.807, 2.05) is 0 Å². The maximum absolute atomic E-state index is 14.1. The summed E-state index contributed by atoms with van der Waals surface area (Å²) in [5.74, 6) is -6.01. The number of fused-ring (bicyclic) bond motifs is 1. The van der Waals surface area contributed by atoms with Gasteiger partial charge >= 0.3 is 12.0 Å². The van der Waals surface area contributed by atoms with Crippen LogP contribution in [0.4, 0.5) is 32.0 Å². The van der Waals surface area contributed by atoms with E-state index in [1.54, 1.807) is 18.2 Å². The fourth-order valence-electron chi connectivity index (χ4n) is 3.78. The average Bonchev–Trinajstić information content (AvgIpc) is 3.26. The summed E-state index contributed by atoms with van der Waals surface area (Å²) >= 11 is 0. The van der Waals surface area contributed by atoms with Gasteiger partial charge in [-0.1, -0.05) is 24.3 Å². The lowest BCUT2D eigenvalue weighted by Crippen LogP contribution is -2.37. The number of rotatable bonds is 3. The lowest BCUT2D eigenvalue weighted by Gasteiger charge is -2.22. The van der Waals surface area contributed by atoms with Crippen LogP contribution in [0.3, 0.4) is 0 Å². The molecule has 3 aromatic rings. The zero-order valence-electron chi connectivity index (χ0n) is 16.2. The molecule has 3 nitrogen and oxygen atoms in total. The van der Waals surface area contributed by atoms with Crippen LogP contribution in [0, 0.1) is 11.6 Å². The molecule has 0 saturated heterocycles. The molecular weight excluding hydrogens is 434 g/mol. The third-order valence-corrected chi connectivity index (χ3v) is 5.39. The van der Waals surface area contributed by atoms with Gasteiger partial charge in [0.1, 0.15) is 17.4 Å². The first-order chi connectivity index (χ1) is 15.2. The Kier molecular flexibility index (Phi) is 4.40. The predicted octanol–water partition coefficient (Wildman–Crippen LogP) is 5.93. The number of nitrogens with zero attached hydrogens (tertiary/aromatic N) is 1. The second-order valence-corrected chi connectivity index (χ2v) is 7.44. The van der Waals surface area contributed by atoms with Crippen LogP contribution in [0.1, 0.15) is 16.7 Å². The fourth-order valence-corrected chi connectivity index (χ4v) is 3.78. The molecule has 0 aliphatic carbocycles. The number of ether oxygens (including phenoxy) is 1. The number of hydrazine groups is 1. The Labute approximate surface area is 178 Å². The van der Waals surface area contributed by atoms with E-state index >= 15 is 0 Å². The number of nitrogens with one attached hydrogen (secondary N) is 1. The van der Waals surface area contributed by atoms with Crippen LogP contribution in [0.2, 0.25) is 0 Å². The molecular formula is C23H14F6N2O. The van der Waals surface area contributed by atoms with Gasteiger partial charge in [-0.2, -0.15) is 17.6 Å².